The molecule has 0 spiro atoms. The van der Waals surface area contributed by atoms with Gasteiger partial charge in [0.2, 0.25) is 5.91 Å². The topological polar surface area (TPSA) is 80.3 Å². The maximum atomic E-state index is 13.0. The number of rotatable bonds is 4. The van der Waals surface area contributed by atoms with Gasteiger partial charge in [-0.1, -0.05) is 12.1 Å². The summed E-state index contributed by atoms with van der Waals surface area (Å²) in [6.07, 6.45) is 0.135. The lowest BCUT2D eigenvalue weighted by Gasteiger charge is -2.18. The van der Waals surface area contributed by atoms with Crippen molar-refractivity contribution in [2.45, 2.75) is 13.3 Å². The number of amides is 2. The van der Waals surface area contributed by atoms with Crippen molar-refractivity contribution < 1.29 is 18.7 Å². The maximum Gasteiger partial charge on any atom is 0.262 e. The summed E-state index contributed by atoms with van der Waals surface area (Å²) < 4.78 is 18.3. The van der Waals surface area contributed by atoms with Crippen LogP contribution in [-0.4, -0.2) is 23.4 Å². The van der Waals surface area contributed by atoms with Crippen LogP contribution in [0, 0.1) is 12.7 Å². The van der Waals surface area contributed by atoms with Gasteiger partial charge in [-0.25, -0.2) is 9.37 Å². The third-order valence-corrected chi connectivity index (χ3v) is 5.09. The fourth-order valence-electron chi connectivity index (χ4n) is 2.90. The highest BCUT2D eigenvalue weighted by atomic mass is 32.1. The molecule has 8 heteroatoms. The second-order valence-electron chi connectivity index (χ2n) is 6.32. The average Bonchev–Trinajstić information content (AvgIpc) is 3.03. The van der Waals surface area contributed by atoms with Gasteiger partial charge in [-0.3, -0.25) is 9.59 Å². The minimum atomic E-state index is -0.337. The van der Waals surface area contributed by atoms with Gasteiger partial charge < -0.3 is 15.4 Å². The van der Waals surface area contributed by atoms with E-state index in [4.69, 9.17) is 4.74 Å². The molecule has 2 amide bonds. The molecule has 0 bridgehead atoms. The Morgan fingerprint density at radius 3 is 2.86 bits per heavy atom. The minimum Gasteiger partial charge on any atom is -0.482 e. The summed E-state index contributed by atoms with van der Waals surface area (Å²) in [5.74, 6) is -0.147. The van der Waals surface area contributed by atoms with Crippen LogP contribution in [0.1, 0.15) is 10.4 Å². The summed E-state index contributed by atoms with van der Waals surface area (Å²) in [5, 5.41) is 6.04. The Labute approximate surface area is 164 Å². The van der Waals surface area contributed by atoms with E-state index in [1.807, 2.05) is 13.0 Å². The first-order chi connectivity index (χ1) is 13.5. The van der Waals surface area contributed by atoms with Crippen LogP contribution in [0.5, 0.6) is 5.75 Å². The molecular formula is C20H16FN3O3S. The van der Waals surface area contributed by atoms with Crippen molar-refractivity contribution in [3.8, 4) is 17.0 Å². The van der Waals surface area contributed by atoms with Gasteiger partial charge in [0.25, 0.3) is 5.91 Å². The highest BCUT2D eigenvalue weighted by Crippen LogP contribution is 2.36. The predicted molar refractivity (Wildman–Crippen MR) is 105 cm³/mol. The summed E-state index contributed by atoms with van der Waals surface area (Å²) in [4.78, 5) is 29.2. The van der Waals surface area contributed by atoms with Crippen molar-refractivity contribution in [2.75, 3.05) is 17.2 Å². The van der Waals surface area contributed by atoms with Gasteiger partial charge in [0.15, 0.2) is 11.7 Å². The van der Waals surface area contributed by atoms with Gasteiger partial charge in [0, 0.05) is 10.4 Å². The van der Waals surface area contributed by atoms with Crippen LogP contribution in [0.2, 0.25) is 0 Å². The maximum absolute atomic E-state index is 13.0. The van der Waals surface area contributed by atoms with E-state index < -0.39 is 0 Å². The Kier molecular flexibility index (Phi) is 4.79. The van der Waals surface area contributed by atoms with E-state index in [9.17, 15) is 14.0 Å². The first kappa shape index (κ1) is 18.1. The molecule has 0 saturated carbocycles. The first-order valence-corrected chi connectivity index (χ1v) is 9.38. The number of aryl methyl sites for hydroxylation is 1. The molecule has 1 aromatic heterocycles. The van der Waals surface area contributed by atoms with Crippen molar-refractivity contribution in [1.29, 1.82) is 0 Å². The molecule has 2 aromatic carbocycles. The lowest BCUT2D eigenvalue weighted by Crippen LogP contribution is -2.25. The molecule has 4 rings (SSSR count). The molecule has 0 unspecified atom stereocenters. The van der Waals surface area contributed by atoms with Crippen molar-refractivity contribution in [1.82, 2.24) is 4.98 Å². The van der Waals surface area contributed by atoms with Gasteiger partial charge >= 0.3 is 0 Å². The molecule has 0 radical (unpaired) electrons. The van der Waals surface area contributed by atoms with Gasteiger partial charge in [0.1, 0.15) is 11.6 Å². The third-order valence-electron chi connectivity index (χ3n) is 4.21. The number of hydrogen-bond donors (Lipinski definition) is 2. The number of nitrogens with one attached hydrogen (secondary N) is 2. The van der Waals surface area contributed by atoms with Crippen molar-refractivity contribution in [3.05, 3.63) is 58.7 Å². The standard InChI is InChI=1S/C20H16FN3O3S/c1-11-19(13-4-7-16-15(9-13)22-18(26)10-27-16)24-20(28-11)23-17(25)8-12-2-5-14(21)6-3-12/h2-7,9H,8,10H2,1H3,(H,22,26)(H,23,24,25). The number of anilines is 2. The lowest BCUT2D eigenvalue weighted by molar-refractivity contribution is -0.118. The number of aromatic nitrogens is 1. The predicted octanol–water partition coefficient (Wildman–Crippen LogP) is 3.77. The number of halogens is 1. The molecule has 3 aromatic rings. The molecule has 0 atom stereocenters. The Bertz CT molecular complexity index is 1060. The van der Waals surface area contributed by atoms with E-state index in [-0.39, 0.29) is 30.7 Å². The van der Waals surface area contributed by atoms with E-state index in [1.54, 1.807) is 24.3 Å². The molecule has 28 heavy (non-hydrogen) atoms. The number of benzene rings is 2. The number of fused-ring (bicyclic) bond motifs is 1. The van der Waals surface area contributed by atoms with Gasteiger partial charge in [-0.2, -0.15) is 0 Å². The monoisotopic (exact) mass is 397 g/mol. The molecule has 1 aliphatic heterocycles. The Morgan fingerprint density at radius 2 is 2.07 bits per heavy atom. The Balaban J connectivity index is 1.50. The second-order valence-corrected chi connectivity index (χ2v) is 7.53. The van der Waals surface area contributed by atoms with Crippen LogP contribution in [0.3, 0.4) is 0 Å². The summed E-state index contributed by atoms with van der Waals surface area (Å²) in [6.45, 7) is 1.92. The molecule has 0 fully saturated rings. The van der Waals surface area contributed by atoms with E-state index in [0.717, 1.165) is 21.7 Å². The summed E-state index contributed by atoms with van der Waals surface area (Å²) in [7, 11) is 0. The van der Waals surface area contributed by atoms with Gasteiger partial charge in [-0.05, 0) is 42.8 Å². The highest BCUT2D eigenvalue weighted by Gasteiger charge is 2.18. The normalized spacial score (nSPS) is 12.7. The highest BCUT2D eigenvalue weighted by molar-refractivity contribution is 7.16. The van der Waals surface area contributed by atoms with E-state index in [1.165, 1.54) is 23.5 Å². The number of thiazole rings is 1. The van der Waals surface area contributed by atoms with Gasteiger partial charge in [-0.15, -0.1) is 11.3 Å². The van der Waals surface area contributed by atoms with Gasteiger partial charge in [0.05, 0.1) is 17.8 Å². The quantitative estimate of drug-likeness (QED) is 0.702. The van der Waals surface area contributed by atoms with E-state index >= 15 is 0 Å². The SMILES string of the molecule is Cc1sc(NC(=O)Cc2ccc(F)cc2)nc1-c1ccc2c(c1)NC(=O)CO2. The van der Waals surface area contributed by atoms with E-state index in [0.29, 0.717) is 16.6 Å². The largest absolute Gasteiger partial charge is 0.482 e. The first-order valence-electron chi connectivity index (χ1n) is 8.57. The number of ether oxygens (including phenoxy) is 1. The molecular weight excluding hydrogens is 381 g/mol. The third kappa shape index (κ3) is 3.86. The van der Waals surface area contributed by atoms with Crippen LogP contribution < -0.4 is 15.4 Å². The van der Waals surface area contributed by atoms with Crippen LogP contribution in [-0.2, 0) is 16.0 Å². The summed E-state index contributed by atoms with van der Waals surface area (Å²) in [5.41, 5.74) is 2.86. The van der Waals surface area contributed by atoms with Crippen molar-refractivity contribution in [2.24, 2.45) is 0 Å². The molecule has 0 saturated heterocycles. The molecule has 6 nitrogen and oxygen atoms in total. The lowest BCUT2D eigenvalue weighted by atomic mass is 10.1. The molecule has 142 valence electrons. The second kappa shape index (κ2) is 7.40. The number of nitrogens with zero attached hydrogens (tertiary/aromatic N) is 1. The number of carbonyl (C=O) groups excluding carboxylic acids is 2. The Morgan fingerprint density at radius 1 is 1.29 bits per heavy atom. The van der Waals surface area contributed by atoms with Crippen molar-refractivity contribution >= 4 is 34.0 Å². The number of hydrogen-bond acceptors (Lipinski definition) is 5. The zero-order valence-corrected chi connectivity index (χ0v) is 15.7. The minimum absolute atomic E-state index is 0.00626. The molecule has 1 aliphatic rings. The summed E-state index contributed by atoms with van der Waals surface area (Å²) in [6, 6.07) is 11.3. The summed E-state index contributed by atoms with van der Waals surface area (Å²) >= 11 is 1.37. The number of carbonyl (C=O) groups is 2. The van der Waals surface area contributed by atoms with Crippen LogP contribution in [0.25, 0.3) is 11.3 Å². The fraction of sp³-hybridized carbons (Fsp3) is 0.150. The van der Waals surface area contributed by atoms with E-state index in [2.05, 4.69) is 15.6 Å². The molecule has 2 heterocycles. The molecule has 0 aliphatic carbocycles. The van der Waals surface area contributed by atoms with Crippen LogP contribution >= 0.6 is 11.3 Å². The Hall–Kier alpha value is -3.26. The van der Waals surface area contributed by atoms with Crippen molar-refractivity contribution in [3.63, 3.8) is 0 Å². The van der Waals surface area contributed by atoms with Crippen LogP contribution in [0.4, 0.5) is 15.2 Å². The smallest absolute Gasteiger partial charge is 0.262 e. The zero-order chi connectivity index (χ0) is 19.7. The average molecular weight is 397 g/mol. The zero-order valence-electron chi connectivity index (χ0n) is 14.9. The van der Waals surface area contributed by atoms with Crippen LogP contribution in [0.15, 0.2) is 42.5 Å². The molecule has 2 N–H and O–H groups in total. The fourth-order valence-corrected chi connectivity index (χ4v) is 3.75.